The molecule has 0 nitrogen and oxygen atoms in total. The first-order valence-electron chi connectivity index (χ1n) is 14.0. The van der Waals surface area contributed by atoms with Crippen LogP contribution in [0.2, 0.25) is 13.1 Å². The van der Waals surface area contributed by atoms with Crippen molar-refractivity contribution in [2.75, 3.05) is 0 Å². The molecule has 0 amide bonds. The van der Waals surface area contributed by atoms with Gasteiger partial charge in [-0.15, -0.1) is 11.3 Å². The molecule has 2 heteroatoms. The maximum atomic E-state index is 2.65. The van der Waals surface area contributed by atoms with Gasteiger partial charge in [0.2, 0.25) is 0 Å². The van der Waals surface area contributed by atoms with Crippen molar-refractivity contribution >= 4 is 25.5 Å². The highest BCUT2D eigenvalue weighted by molar-refractivity contribution is 7.14. The molecule has 2 unspecified atom stereocenters. The molecule has 0 N–H and O–H groups in total. The first-order chi connectivity index (χ1) is 18.3. The molecule has 0 bridgehead atoms. The zero-order valence-corrected chi connectivity index (χ0v) is 25.3. The third kappa shape index (κ3) is 4.01. The van der Waals surface area contributed by atoms with Gasteiger partial charge in [0, 0.05) is 26.8 Å². The highest BCUT2D eigenvalue weighted by Gasteiger charge is 2.47. The fraction of sp³-hybridized carbons (Fsp3) is 0.278. The van der Waals surface area contributed by atoms with E-state index in [0.29, 0.717) is 17.4 Å². The number of rotatable bonds is 5. The van der Waals surface area contributed by atoms with Crippen molar-refractivity contribution in [1.29, 1.82) is 0 Å². The molecule has 2 aromatic carbocycles. The highest BCUT2D eigenvalue weighted by atomic mass is 32.1. The van der Waals surface area contributed by atoms with Crippen LogP contribution in [-0.4, -0.2) is 8.07 Å². The van der Waals surface area contributed by atoms with E-state index in [-0.39, 0.29) is 0 Å². The highest BCUT2D eigenvalue weighted by Crippen LogP contribution is 2.57. The zero-order chi connectivity index (χ0) is 26.6. The van der Waals surface area contributed by atoms with Crippen LogP contribution in [0.1, 0.15) is 59.5 Å². The average Bonchev–Trinajstić information content (AvgIpc) is 3.49. The van der Waals surface area contributed by atoms with Crippen molar-refractivity contribution in [3.63, 3.8) is 0 Å². The molecule has 1 aromatic heterocycles. The van der Waals surface area contributed by atoms with Gasteiger partial charge in [-0.25, -0.2) is 0 Å². The Morgan fingerprint density at radius 1 is 0.895 bits per heavy atom. The van der Waals surface area contributed by atoms with Gasteiger partial charge in [0.05, 0.1) is 8.07 Å². The Morgan fingerprint density at radius 2 is 1.58 bits per heavy atom. The summed E-state index contributed by atoms with van der Waals surface area (Å²) in [7, 11) is -1.96. The Bertz CT molecular complexity index is 1540. The first-order valence-corrected chi connectivity index (χ1v) is 17.9. The van der Waals surface area contributed by atoms with E-state index < -0.39 is 8.07 Å². The number of allylic oxidation sites excluding steroid dienone is 9. The van der Waals surface area contributed by atoms with Gasteiger partial charge in [-0.2, -0.15) is 0 Å². The van der Waals surface area contributed by atoms with E-state index in [1.807, 2.05) is 0 Å². The number of hydrogen-bond donors (Lipinski definition) is 0. The number of aryl methyl sites for hydroxylation is 1. The third-order valence-corrected chi connectivity index (χ3v) is 14.3. The van der Waals surface area contributed by atoms with E-state index in [4.69, 9.17) is 0 Å². The van der Waals surface area contributed by atoms with Crippen LogP contribution < -0.4 is 0 Å². The molecule has 1 heterocycles. The van der Waals surface area contributed by atoms with Crippen molar-refractivity contribution in [1.82, 2.24) is 0 Å². The smallest absolute Gasteiger partial charge is 0.0941 e. The normalized spacial score (nSPS) is 20.8. The predicted molar refractivity (Wildman–Crippen MR) is 169 cm³/mol. The van der Waals surface area contributed by atoms with E-state index in [2.05, 4.69) is 143 Å². The van der Waals surface area contributed by atoms with Gasteiger partial charge in [0.25, 0.3) is 0 Å². The Labute approximate surface area is 233 Å². The Morgan fingerprint density at radius 3 is 2.26 bits per heavy atom. The molecule has 0 fully saturated rings. The number of fused-ring (bicyclic) bond motifs is 1. The molecule has 0 saturated heterocycles. The van der Waals surface area contributed by atoms with Gasteiger partial charge in [0.15, 0.2) is 0 Å². The number of thiophene rings is 1. The fourth-order valence-electron chi connectivity index (χ4n) is 7.34. The molecule has 0 aliphatic heterocycles. The Kier molecular flexibility index (Phi) is 6.44. The van der Waals surface area contributed by atoms with Crippen LogP contribution in [0.4, 0.5) is 0 Å². The molecular weight excluding hydrogens is 493 g/mol. The van der Waals surface area contributed by atoms with Gasteiger partial charge >= 0.3 is 0 Å². The summed E-state index contributed by atoms with van der Waals surface area (Å²) >= 11 is 2.06. The lowest BCUT2D eigenvalue weighted by Gasteiger charge is -2.36. The molecule has 0 spiro atoms. The molecule has 3 aliphatic rings. The van der Waals surface area contributed by atoms with Crippen LogP contribution in [0, 0.1) is 12.8 Å². The van der Waals surface area contributed by atoms with E-state index in [1.54, 1.807) is 26.8 Å². The standard InChI is InChI=1S/C36H38SSi/c1-23(2)30-22-32-33(27-17-11-8-12-18-27)25(4)37-34(32)36(30)38(5,6)35-24(3)21-31-28(19-13-14-20-29(31)35)26-15-9-7-10-16-26/h7-20,22-23,28,36H,21H2,1-6H3. The average molecular weight is 531 g/mol. The summed E-state index contributed by atoms with van der Waals surface area (Å²) in [4.78, 5) is 3.07. The van der Waals surface area contributed by atoms with Crippen LogP contribution in [0.5, 0.6) is 0 Å². The maximum absolute atomic E-state index is 2.65. The molecule has 38 heavy (non-hydrogen) atoms. The summed E-state index contributed by atoms with van der Waals surface area (Å²) in [6.45, 7) is 14.8. The summed E-state index contributed by atoms with van der Waals surface area (Å²) < 4.78 is 0. The second kappa shape index (κ2) is 9.66. The molecule has 3 aliphatic carbocycles. The van der Waals surface area contributed by atoms with Gasteiger partial charge in [-0.1, -0.05) is 134 Å². The lowest BCUT2D eigenvalue weighted by Crippen LogP contribution is -2.39. The van der Waals surface area contributed by atoms with Gasteiger partial charge in [-0.05, 0) is 54.0 Å². The first kappa shape index (κ1) is 25.3. The lowest BCUT2D eigenvalue weighted by molar-refractivity contribution is 0.740. The van der Waals surface area contributed by atoms with Crippen LogP contribution in [0.25, 0.3) is 17.2 Å². The molecule has 192 valence electrons. The minimum atomic E-state index is -1.96. The SMILES string of the molecule is CC1=C([Si](C)(C)C2C(C(C)C)=Cc3c2sc(C)c3-c2ccccc2)C2=C(C1)C(c1ccccc1)C=CC=C2. The molecular formula is C36H38SSi. The maximum Gasteiger partial charge on any atom is 0.0941 e. The van der Waals surface area contributed by atoms with Crippen LogP contribution in [0.3, 0.4) is 0 Å². The summed E-state index contributed by atoms with van der Waals surface area (Å²) in [5.74, 6) is 0.890. The molecule has 3 aromatic rings. The minimum Gasteiger partial charge on any atom is -0.144 e. The van der Waals surface area contributed by atoms with Gasteiger partial charge in [-0.3, -0.25) is 0 Å². The monoisotopic (exact) mass is 530 g/mol. The van der Waals surface area contributed by atoms with Crippen molar-refractivity contribution < 1.29 is 0 Å². The predicted octanol–water partition coefficient (Wildman–Crippen LogP) is 10.6. The summed E-state index contributed by atoms with van der Waals surface area (Å²) in [6.07, 6.45) is 13.1. The third-order valence-electron chi connectivity index (χ3n) is 8.86. The summed E-state index contributed by atoms with van der Waals surface area (Å²) in [5, 5.41) is 1.70. The van der Waals surface area contributed by atoms with Crippen molar-refractivity contribution in [3.8, 4) is 11.1 Å². The van der Waals surface area contributed by atoms with Crippen molar-refractivity contribution in [3.05, 3.63) is 133 Å². The van der Waals surface area contributed by atoms with Crippen molar-refractivity contribution in [2.45, 2.75) is 58.7 Å². The van der Waals surface area contributed by atoms with Crippen LogP contribution in [-0.2, 0) is 0 Å². The number of benzene rings is 2. The van der Waals surface area contributed by atoms with E-state index in [0.717, 1.165) is 6.42 Å². The molecule has 0 saturated carbocycles. The van der Waals surface area contributed by atoms with Gasteiger partial charge in [0.1, 0.15) is 0 Å². The van der Waals surface area contributed by atoms with Crippen molar-refractivity contribution in [2.24, 2.45) is 5.92 Å². The second-order valence-corrected chi connectivity index (χ2v) is 17.8. The van der Waals surface area contributed by atoms with E-state index in [9.17, 15) is 0 Å². The largest absolute Gasteiger partial charge is 0.144 e. The lowest BCUT2D eigenvalue weighted by atomic mass is 9.88. The van der Waals surface area contributed by atoms with Crippen LogP contribution >= 0.6 is 11.3 Å². The summed E-state index contributed by atoms with van der Waals surface area (Å²) in [5.41, 5.74) is 12.6. The molecule has 0 radical (unpaired) electrons. The van der Waals surface area contributed by atoms with Gasteiger partial charge < -0.3 is 0 Å². The van der Waals surface area contributed by atoms with E-state index >= 15 is 0 Å². The number of hydrogen-bond acceptors (Lipinski definition) is 1. The zero-order valence-electron chi connectivity index (χ0n) is 23.5. The summed E-state index contributed by atoms with van der Waals surface area (Å²) in [6, 6.07) is 22.1. The Balaban J connectivity index is 1.49. The quantitative estimate of drug-likeness (QED) is 0.288. The van der Waals surface area contributed by atoms with Crippen LogP contribution in [0.15, 0.2) is 112 Å². The molecule has 6 rings (SSSR count). The minimum absolute atomic E-state index is 0.353. The molecule has 2 atom stereocenters. The topological polar surface area (TPSA) is 0 Å². The Hall–Kier alpha value is -2.94. The fourth-order valence-corrected chi connectivity index (χ4v) is 14.1. The van der Waals surface area contributed by atoms with E-state index in [1.165, 1.54) is 32.7 Å². The second-order valence-electron chi connectivity index (χ2n) is 12.0.